The van der Waals surface area contributed by atoms with Crippen molar-refractivity contribution in [1.29, 1.82) is 0 Å². The third kappa shape index (κ3) is 1.89. The van der Waals surface area contributed by atoms with Crippen molar-refractivity contribution in [2.45, 2.75) is 32.8 Å². The van der Waals surface area contributed by atoms with Gasteiger partial charge in [-0.05, 0) is 68.2 Å². The molecule has 1 spiro atoms. The van der Waals surface area contributed by atoms with Gasteiger partial charge in [-0.15, -0.1) is 0 Å². The first-order chi connectivity index (χ1) is 12.4. The van der Waals surface area contributed by atoms with Crippen molar-refractivity contribution in [3.8, 4) is 0 Å². The van der Waals surface area contributed by atoms with Crippen molar-refractivity contribution < 1.29 is 19.1 Å². The zero-order chi connectivity index (χ0) is 18.2. The second-order valence-corrected chi connectivity index (χ2v) is 8.23. The molecule has 1 heterocycles. The van der Waals surface area contributed by atoms with Crippen molar-refractivity contribution in [3.63, 3.8) is 0 Å². The number of hydrogen-bond donors (Lipinski definition) is 0. The third-order valence-corrected chi connectivity index (χ3v) is 6.56. The summed E-state index contributed by atoms with van der Waals surface area (Å²) in [6.07, 6.45) is 6.41. The highest BCUT2D eigenvalue weighted by molar-refractivity contribution is 6.23. The van der Waals surface area contributed by atoms with Gasteiger partial charge in [-0.25, -0.2) is 4.79 Å². The topological polar surface area (TPSA) is 63.7 Å². The molecule has 1 aromatic carbocycles. The van der Waals surface area contributed by atoms with E-state index in [1.807, 2.05) is 0 Å². The minimum absolute atomic E-state index is 0.0827. The molecule has 5 nitrogen and oxygen atoms in total. The largest absolute Gasteiger partial charge is 0.459 e. The number of ether oxygens (including phenoxy) is 1. The van der Waals surface area contributed by atoms with E-state index in [1.165, 1.54) is 4.90 Å². The van der Waals surface area contributed by atoms with Crippen LogP contribution in [0.5, 0.6) is 0 Å². The Kier molecular flexibility index (Phi) is 3.07. The minimum atomic E-state index is -0.402. The van der Waals surface area contributed by atoms with Crippen LogP contribution in [0.2, 0.25) is 0 Å². The van der Waals surface area contributed by atoms with Gasteiger partial charge in [-0.2, -0.15) is 0 Å². The van der Waals surface area contributed by atoms with Crippen LogP contribution in [0.3, 0.4) is 0 Å². The standard InChI is InChI=1S/C21H21NO4/c1-11(2)26-20(25)12-3-5-13(6-4-12)22-18(23)16-14-7-8-15(17(16)19(22)24)21(14)9-10-21/h3-8,11,14-17H,9-10H2,1-2H3/t14-,15-,16+,17+/m1/s1. The maximum Gasteiger partial charge on any atom is 0.338 e. The molecule has 4 aliphatic rings. The summed E-state index contributed by atoms with van der Waals surface area (Å²) in [7, 11) is 0. The molecule has 4 atom stereocenters. The molecule has 2 saturated carbocycles. The van der Waals surface area contributed by atoms with Crippen molar-refractivity contribution in [1.82, 2.24) is 0 Å². The highest BCUT2D eigenvalue weighted by Crippen LogP contribution is 2.73. The maximum atomic E-state index is 13.0. The molecule has 0 aromatic heterocycles. The Hall–Kier alpha value is -2.43. The number of carbonyl (C=O) groups is 3. The normalized spacial score (nSPS) is 32.7. The number of nitrogens with zero attached hydrogens (tertiary/aromatic N) is 1. The number of anilines is 1. The molecular weight excluding hydrogens is 330 g/mol. The molecule has 5 rings (SSSR count). The average Bonchev–Trinajstić information content (AvgIpc) is 3.20. The highest BCUT2D eigenvalue weighted by Gasteiger charge is 2.73. The van der Waals surface area contributed by atoms with Crippen molar-refractivity contribution >= 4 is 23.5 Å². The Bertz CT molecular complexity index is 815. The van der Waals surface area contributed by atoms with Gasteiger partial charge in [0.2, 0.25) is 11.8 Å². The number of amides is 2. The van der Waals surface area contributed by atoms with Crippen molar-refractivity contribution in [2.75, 3.05) is 4.90 Å². The molecular formula is C21H21NO4. The lowest BCUT2D eigenvalue weighted by Gasteiger charge is -2.21. The lowest BCUT2D eigenvalue weighted by Crippen LogP contribution is -2.34. The molecule has 2 bridgehead atoms. The molecule has 1 aromatic rings. The zero-order valence-corrected chi connectivity index (χ0v) is 14.8. The van der Waals surface area contributed by atoms with E-state index in [-0.39, 0.29) is 47.0 Å². The molecule has 5 heteroatoms. The van der Waals surface area contributed by atoms with Crippen LogP contribution >= 0.6 is 0 Å². The van der Waals surface area contributed by atoms with E-state index in [0.29, 0.717) is 11.3 Å². The van der Waals surface area contributed by atoms with Crippen LogP contribution in [0.25, 0.3) is 0 Å². The first-order valence-corrected chi connectivity index (χ1v) is 9.31. The van der Waals surface area contributed by atoms with E-state index in [0.717, 1.165) is 12.8 Å². The molecule has 3 aliphatic carbocycles. The SMILES string of the molecule is CC(C)OC(=O)c1ccc(N2C(=O)[C@@H]3[C@@H](C2=O)[C@H]2C=C[C@H]3C23CC3)cc1. The first kappa shape index (κ1) is 15.8. The van der Waals surface area contributed by atoms with Crippen molar-refractivity contribution in [3.05, 3.63) is 42.0 Å². The smallest absolute Gasteiger partial charge is 0.338 e. The third-order valence-electron chi connectivity index (χ3n) is 6.56. The second kappa shape index (κ2) is 5.06. The lowest BCUT2D eigenvalue weighted by atomic mass is 9.85. The number of benzene rings is 1. The number of rotatable bonds is 3. The fraction of sp³-hybridized carbons (Fsp3) is 0.476. The van der Waals surface area contributed by atoms with Crippen molar-refractivity contribution in [2.24, 2.45) is 29.1 Å². The summed E-state index contributed by atoms with van der Waals surface area (Å²) in [6, 6.07) is 6.56. The van der Waals surface area contributed by atoms with Gasteiger partial charge in [0.05, 0.1) is 29.2 Å². The van der Waals surface area contributed by atoms with E-state index in [2.05, 4.69) is 12.2 Å². The molecule has 0 unspecified atom stereocenters. The highest BCUT2D eigenvalue weighted by atomic mass is 16.5. The fourth-order valence-electron chi connectivity index (χ4n) is 5.36. The number of allylic oxidation sites excluding steroid dienone is 2. The van der Waals surface area contributed by atoms with Gasteiger partial charge in [0.15, 0.2) is 0 Å². The van der Waals surface area contributed by atoms with E-state index in [9.17, 15) is 14.4 Å². The molecule has 1 aliphatic heterocycles. The number of imide groups is 1. The molecule has 134 valence electrons. The predicted molar refractivity (Wildman–Crippen MR) is 94.3 cm³/mol. The van der Waals surface area contributed by atoms with Crippen LogP contribution in [-0.4, -0.2) is 23.9 Å². The number of esters is 1. The molecule has 0 radical (unpaired) electrons. The molecule has 26 heavy (non-hydrogen) atoms. The number of hydrogen-bond acceptors (Lipinski definition) is 4. The quantitative estimate of drug-likeness (QED) is 0.477. The summed E-state index contributed by atoms with van der Waals surface area (Å²) >= 11 is 0. The Labute approximate surface area is 152 Å². The van der Waals surface area contributed by atoms with Gasteiger partial charge in [-0.1, -0.05) is 12.2 Å². The van der Waals surface area contributed by atoms with E-state index >= 15 is 0 Å². The predicted octanol–water partition coefficient (Wildman–Crippen LogP) is 2.95. The Morgan fingerprint density at radius 1 is 1.04 bits per heavy atom. The molecule has 3 fully saturated rings. The van der Waals surface area contributed by atoms with Gasteiger partial charge >= 0.3 is 5.97 Å². The summed E-state index contributed by atoms with van der Waals surface area (Å²) in [4.78, 5) is 39.4. The molecule has 1 saturated heterocycles. The zero-order valence-electron chi connectivity index (χ0n) is 14.8. The van der Waals surface area contributed by atoms with Crippen LogP contribution in [-0.2, 0) is 14.3 Å². The average molecular weight is 351 g/mol. The Morgan fingerprint density at radius 2 is 1.58 bits per heavy atom. The summed E-state index contributed by atoms with van der Waals surface area (Å²) in [5, 5.41) is 0. The second-order valence-electron chi connectivity index (χ2n) is 8.23. The van der Waals surface area contributed by atoms with E-state index < -0.39 is 5.97 Å². The van der Waals surface area contributed by atoms with Gasteiger partial charge < -0.3 is 4.74 Å². The number of carbonyl (C=O) groups excluding carboxylic acids is 3. The van der Waals surface area contributed by atoms with Crippen LogP contribution in [0.4, 0.5) is 5.69 Å². The van der Waals surface area contributed by atoms with Crippen LogP contribution in [0, 0.1) is 29.1 Å². The van der Waals surface area contributed by atoms with Gasteiger partial charge in [-0.3, -0.25) is 14.5 Å². The number of fused-ring (bicyclic) bond motifs is 3. The fourth-order valence-corrected chi connectivity index (χ4v) is 5.36. The van der Waals surface area contributed by atoms with Crippen LogP contribution in [0.15, 0.2) is 36.4 Å². The molecule has 2 amide bonds. The summed E-state index contributed by atoms with van der Waals surface area (Å²) in [6.45, 7) is 3.59. The summed E-state index contributed by atoms with van der Waals surface area (Å²) in [5.74, 6) is -0.531. The van der Waals surface area contributed by atoms with Crippen LogP contribution < -0.4 is 4.90 Å². The van der Waals surface area contributed by atoms with E-state index in [4.69, 9.17) is 4.74 Å². The summed E-state index contributed by atoms with van der Waals surface area (Å²) in [5.41, 5.74) is 1.16. The first-order valence-electron chi connectivity index (χ1n) is 9.31. The lowest BCUT2D eigenvalue weighted by molar-refractivity contribution is -0.123. The molecule has 0 N–H and O–H groups in total. The Morgan fingerprint density at radius 3 is 2.04 bits per heavy atom. The van der Waals surface area contributed by atoms with Gasteiger partial charge in [0.25, 0.3) is 0 Å². The monoisotopic (exact) mass is 351 g/mol. The van der Waals surface area contributed by atoms with E-state index in [1.54, 1.807) is 38.1 Å². The Balaban J connectivity index is 1.41. The van der Waals surface area contributed by atoms with Gasteiger partial charge in [0.1, 0.15) is 0 Å². The van der Waals surface area contributed by atoms with Gasteiger partial charge in [0, 0.05) is 0 Å². The van der Waals surface area contributed by atoms with Crippen LogP contribution in [0.1, 0.15) is 37.0 Å². The maximum absolute atomic E-state index is 13.0. The minimum Gasteiger partial charge on any atom is -0.459 e. The summed E-state index contributed by atoms with van der Waals surface area (Å²) < 4.78 is 5.18.